The molecule has 0 aromatic heterocycles. The highest BCUT2D eigenvalue weighted by Gasteiger charge is 2.30. The summed E-state index contributed by atoms with van der Waals surface area (Å²) in [5, 5.41) is 12.9. The summed E-state index contributed by atoms with van der Waals surface area (Å²) in [5.74, 6) is -1.03. The number of hydroxylamine groups is 2. The zero-order chi connectivity index (χ0) is 19.9. The number of carboxylic acid groups (broad SMARTS) is 1. The molecule has 28 heavy (non-hydrogen) atoms. The standard InChI is InChI=1S/C22H21NO4S/c1-27-23(21(24)17-9-3-2-4-10-17)19(22(25)26)14-15-28-20-13-7-11-16-8-5-6-12-18(16)20/h2-13,19H,14-15H2,1H3,(H,25,26)/t19-/m0/s1. The zero-order valence-corrected chi connectivity index (χ0v) is 16.3. The second-order valence-electron chi connectivity index (χ2n) is 6.15. The van der Waals surface area contributed by atoms with E-state index in [1.54, 1.807) is 42.1 Å². The number of amides is 1. The van der Waals surface area contributed by atoms with Gasteiger partial charge in [0.1, 0.15) is 0 Å². The minimum atomic E-state index is -1.09. The molecule has 0 aliphatic rings. The lowest BCUT2D eigenvalue weighted by molar-refractivity contribution is -0.166. The number of rotatable bonds is 8. The molecule has 5 nitrogen and oxygen atoms in total. The summed E-state index contributed by atoms with van der Waals surface area (Å²) in [5.41, 5.74) is 0.386. The molecule has 1 amide bonds. The summed E-state index contributed by atoms with van der Waals surface area (Å²) in [6, 6.07) is 21.6. The minimum absolute atomic E-state index is 0.260. The number of hydrogen-bond donors (Lipinski definition) is 1. The average molecular weight is 395 g/mol. The highest BCUT2D eigenvalue weighted by atomic mass is 32.2. The molecular formula is C22H21NO4S. The van der Waals surface area contributed by atoms with Crippen molar-refractivity contribution in [1.29, 1.82) is 0 Å². The van der Waals surface area contributed by atoms with Crippen molar-refractivity contribution < 1.29 is 19.5 Å². The Morgan fingerprint density at radius 3 is 2.39 bits per heavy atom. The predicted octanol–water partition coefficient (Wildman–Crippen LogP) is 4.48. The third-order valence-electron chi connectivity index (χ3n) is 4.38. The van der Waals surface area contributed by atoms with Crippen LogP contribution in [0.4, 0.5) is 0 Å². The van der Waals surface area contributed by atoms with Crippen molar-refractivity contribution in [3.8, 4) is 0 Å². The first kappa shape index (κ1) is 19.9. The fourth-order valence-electron chi connectivity index (χ4n) is 3.00. The molecule has 1 N–H and O–H groups in total. The molecule has 3 aromatic carbocycles. The van der Waals surface area contributed by atoms with Gasteiger partial charge in [0, 0.05) is 16.2 Å². The smallest absolute Gasteiger partial charge is 0.329 e. The number of thioether (sulfide) groups is 1. The van der Waals surface area contributed by atoms with Gasteiger partial charge in [0.25, 0.3) is 5.91 Å². The highest BCUT2D eigenvalue weighted by Crippen LogP contribution is 2.29. The molecule has 0 aliphatic carbocycles. The number of carbonyl (C=O) groups is 2. The molecule has 0 saturated heterocycles. The summed E-state index contributed by atoms with van der Waals surface area (Å²) in [6.07, 6.45) is 0.260. The molecular weight excluding hydrogens is 374 g/mol. The Bertz CT molecular complexity index is 956. The van der Waals surface area contributed by atoms with E-state index in [0.29, 0.717) is 11.3 Å². The third kappa shape index (κ3) is 4.52. The van der Waals surface area contributed by atoms with E-state index in [0.717, 1.165) is 20.7 Å². The summed E-state index contributed by atoms with van der Waals surface area (Å²) in [6.45, 7) is 0. The maximum absolute atomic E-state index is 12.7. The molecule has 0 bridgehead atoms. The molecule has 0 aliphatic heterocycles. The van der Waals surface area contributed by atoms with Gasteiger partial charge in [0.15, 0.2) is 6.04 Å². The van der Waals surface area contributed by atoms with Gasteiger partial charge in [0.05, 0.1) is 7.11 Å². The number of benzene rings is 3. The summed E-state index contributed by atoms with van der Waals surface area (Å²) < 4.78 is 0. The lowest BCUT2D eigenvalue weighted by Crippen LogP contribution is -2.44. The molecule has 0 saturated carbocycles. The van der Waals surface area contributed by atoms with E-state index in [4.69, 9.17) is 4.84 Å². The Hall–Kier alpha value is -2.83. The maximum Gasteiger partial charge on any atom is 0.329 e. The summed E-state index contributed by atoms with van der Waals surface area (Å²) in [7, 11) is 1.31. The first-order valence-electron chi connectivity index (χ1n) is 8.88. The predicted molar refractivity (Wildman–Crippen MR) is 110 cm³/mol. The second-order valence-corrected chi connectivity index (χ2v) is 7.28. The number of carboxylic acids is 1. The van der Waals surface area contributed by atoms with E-state index in [9.17, 15) is 14.7 Å². The Balaban J connectivity index is 1.72. The number of nitrogens with zero attached hydrogens (tertiary/aromatic N) is 1. The maximum atomic E-state index is 12.7. The van der Waals surface area contributed by atoms with E-state index < -0.39 is 17.9 Å². The zero-order valence-electron chi connectivity index (χ0n) is 15.4. The van der Waals surface area contributed by atoms with Gasteiger partial charge in [-0.1, -0.05) is 54.6 Å². The van der Waals surface area contributed by atoms with Crippen molar-refractivity contribution >= 4 is 34.4 Å². The molecule has 0 radical (unpaired) electrons. The Morgan fingerprint density at radius 2 is 1.68 bits per heavy atom. The minimum Gasteiger partial charge on any atom is -0.480 e. The highest BCUT2D eigenvalue weighted by molar-refractivity contribution is 7.99. The van der Waals surface area contributed by atoms with E-state index >= 15 is 0 Å². The summed E-state index contributed by atoms with van der Waals surface area (Å²) in [4.78, 5) is 30.7. The van der Waals surface area contributed by atoms with Crippen molar-refractivity contribution in [2.45, 2.75) is 17.4 Å². The fourth-order valence-corrected chi connectivity index (χ4v) is 4.08. The molecule has 6 heteroatoms. The fraction of sp³-hybridized carbons (Fsp3) is 0.182. The van der Waals surface area contributed by atoms with Crippen LogP contribution in [-0.2, 0) is 9.63 Å². The Labute approximate surface area is 167 Å². The van der Waals surface area contributed by atoms with Crippen molar-refractivity contribution in [2.24, 2.45) is 0 Å². The molecule has 1 atom stereocenters. The van der Waals surface area contributed by atoms with E-state index in [1.165, 1.54) is 7.11 Å². The number of aliphatic carboxylic acids is 1. The SMILES string of the molecule is CON(C(=O)c1ccccc1)[C@@H](CCSc1cccc2ccccc12)C(=O)O. The molecule has 144 valence electrons. The second kappa shape index (κ2) is 9.39. The van der Waals surface area contributed by atoms with Gasteiger partial charge in [-0.2, -0.15) is 0 Å². The van der Waals surface area contributed by atoms with E-state index in [1.807, 2.05) is 42.5 Å². The van der Waals surface area contributed by atoms with Gasteiger partial charge in [-0.25, -0.2) is 9.86 Å². The summed E-state index contributed by atoms with van der Waals surface area (Å²) >= 11 is 1.57. The molecule has 0 fully saturated rings. The third-order valence-corrected chi connectivity index (χ3v) is 5.49. The lowest BCUT2D eigenvalue weighted by Gasteiger charge is -2.26. The lowest BCUT2D eigenvalue weighted by atomic mass is 10.1. The monoisotopic (exact) mass is 395 g/mol. The quantitative estimate of drug-likeness (QED) is 0.450. The van der Waals surface area contributed by atoms with Crippen LogP contribution in [0.1, 0.15) is 16.8 Å². The number of carbonyl (C=O) groups excluding carboxylic acids is 1. The first-order chi connectivity index (χ1) is 13.6. The van der Waals surface area contributed by atoms with Crippen LogP contribution < -0.4 is 0 Å². The van der Waals surface area contributed by atoms with Crippen LogP contribution in [0.5, 0.6) is 0 Å². The van der Waals surface area contributed by atoms with E-state index in [-0.39, 0.29) is 6.42 Å². The van der Waals surface area contributed by atoms with Crippen LogP contribution in [-0.4, -0.2) is 41.0 Å². The van der Waals surface area contributed by atoms with Crippen LogP contribution in [0, 0.1) is 0 Å². The molecule has 0 spiro atoms. The van der Waals surface area contributed by atoms with Crippen LogP contribution in [0.25, 0.3) is 10.8 Å². The van der Waals surface area contributed by atoms with E-state index in [2.05, 4.69) is 0 Å². The molecule has 0 heterocycles. The largest absolute Gasteiger partial charge is 0.480 e. The molecule has 3 aromatic rings. The van der Waals surface area contributed by atoms with Gasteiger partial charge in [-0.05, 0) is 35.4 Å². The van der Waals surface area contributed by atoms with Gasteiger partial charge < -0.3 is 5.11 Å². The Morgan fingerprint density at radius 1 is 1.00 bits per heavy atom. The molecule has 0 unspecified atom stereocenters. The van der Waals surface area contributed by atoms with Crippen molar-refractivity contribution in [2.75, 3.05) is 12.9 Å². The molecule has 3 rings (SSSR count). The van der Waals surface area contributed by atoms with Crippen LogP contribution in [0.3, 0.4) is 0 Å². The van der Waals surface area contributed by atoms with Gasteiger partial charge in [-0.15, -0.1) is 11.8 Å². The number of fused-ring (bicyclic) bond motifs is 1. The van der Waals surface area contributed by atoms with Crippen LogP contribution >= 0.6 is 11.8 Å². The van der Waals surface area contributed by atoms with Gasteiger partial charge in [0.2, 0.25) is 0 Å². The first-order valence-corrected chi connectivity index (χ1v) is 9.86. The van der Waals surface area contributed by atoms with Gasteiger partial charge >= 0.3 is 5.97 Å². The average Bonchev–Trinajstić information content (AvgIpc) is 2.73. The van der Waals surface area contributed by atoms with Crippen molar-refractivity contribution in [3.63, 3.8) is 0 Å². The topological polar surface area (TPSA) is 66.8 Å². The van der Waals surface area contributed by atoms with Crippen LogP contribution in [0.2, 0.25) is 0 Å². The van der Waals surface area contributed by atoms with Gasteiger partial charge in [-0.3, -0.25) is 9.63 Å². The van der Waals surface area contributed by atoms with Crippen molar-refractivity contribution in [3.05, 3.63) is 78.4 Å². The van der Waals surface area contributed by atoms with Crippen molar-refractivity contribution in [1.82, 2.24) is 5.06 Å². The van der Waals surface area contributed by atoms with Crippen LogP contribution in [0.15, 0.2) is 77.7 Å². The Kier molecular flexibility index (Phi) is 6.68. The normalized spacial score (nSPS) is 11.9. The number of hydrogen-bond acceptors (Lipinski definition) is 4.